The molecular formula is C37H48ClN3O6S. The van der Waals surface area contributed by atoms with Crippen molar-refractivity contribution in [2.24, 2.45) is 17.8 Å². The second kappa shape index (κ2) is 13.0. The lowest BCUT2D eigenvalue weighted by Gasteiger charge is -2.50. The van der Waals surface area contributed by atoms with Crippen molar-refractivity contribution in [2.75, 3.05) is 38.7 Å². The molecule has 2 bridgehead atoms. The van der Waals surface area contributed by atoms with Gasteiger partial charge in [-0.05, 0) is 111 Å². The van der Waals surface area contributed by atoms with Gasteiger partial charge in [-0.3, -0.25) is 14.3 Å². The zero-order chi connectivity index (χ0) is 34.6. The van der Waals surface area contributed by atoms with Crippen molar-refractivity contribution >= 4 is 44.7 Å². The number of carbonyl (C=O) groups excluding carboxylic acids is 2. The van der Waals surface area contributed by atoms with Crippen molar-refractivity contribution in [3.63, 3.8) is 0 Å². The van der Waals surface area contributed by atoms with Crippen LogP contribution in [0, 0.1) is 17.8 Å². The number of benzene rings is 2. The molecule has 8 atom stereocenters. The number of likely N-dealkylation sites (N-methyl/N-ethyl adjacent to an activating group) is 1. The Labute approximate surface area is 289 Å². The van der Waals surface area contributed by atoms with Crippen molar-refractivity contribution < 1.29 is 28.7 Å². The molecule has 2 aromatic rings. The highest BCUT2D eigenvalue weighted by atomic mass is 35.5. The van der Waals surface area contributed by atoms with E-state index in [4.69, 9.17) is 16.3 Å². The average molecular weight is 698 g/mol. The molecule has 3 N–H and O–H groups in total. The molecule has 2 aliphatic heterocycles. The number of halogens is 1. The summed E-state index contributed by atoms with van der Waals surface area (Å²) in [4.78, 5) is 30.3. The smallest absolute Gasteiger partial charge is 0.262 e. The lowest BCUT2D eigenvalue weighted by molar-refractivity contribution is -0.163. The van der Waals surface area contributed by atoms with E-state index in [-0.39, 0.29) is 17.3 Å². The summed E-state index contributed by atoms with van der Waals surface area (Å²) in [5, 5.41) is 23.9. The van der Waals surface area contributed by atoms with Gasteiger partial charge in [0.1, 0.15) is 11.4 Å². The predicted molar refractivity (Wildman–Crippen MR) is 191 cm³/mol. The Morgan fingerprint density at radius 3 is 2.69 bits per heavy atom. The summed E-state index contributed by atoms with van der Waals surface area (Å²) in [6.45, 7) is 5.24. The summed E-state index contributed by atoms with van der Waals surface area (Å²) in [7, 11) is 0.0536. The predicted octanol–water partition coefficient (Wildman–Crippen LogP) is 4.37. The van der Waals surface area contributed by atoms with Crippen LogP contribution < -0.4 is 14.4 Å². The minimum absolute atomic E-state index is 0.0687. The van der Waals surface area contributed by atoms with E-state index in [2.05, 4.69) is 21.6 Å². The lowest BCUT2D eigenvalue weighted by Crippen LogP contribution is -2.60. The molecule has 9 nitrogen and oxygen atoms in total. The molecule has 2 amide bonds. The normalized spacial score (nSPS) is 34.7. The summed E-state index contributed by atoms with van der Waals surface area (Å²) >= 11 is 6.43. The third-order valence-corrected chi connectivity index (χ3v) is 13.9. The number of nitrogens with zero attached hydrogens (tertiary/aromatic N) is 2. The quantitative estimate of drug-likeness (QED) is 0.315. The van der Waals surface area contributed by atoms with Gasteiger partial charge in [0.25, 0.3) is 11.8 Å². The fourth-order valence-corrected chi connectivity index (χ4v) is 9.82. The minimum atomic E-state index is -3.08. The van der Waals surface area contributed by atoms with Gasteiger partial charge in [0.2, 0.25) is 0 Å². The maximum atomic E-state index is 13.8. The van der Waals surface area contributed by atoms with Gasteiger partial charge in [-0.1, -0.05) is 36.7 Å². The molecule has 1 spiro atoms. The number of hydrogen-bond donors (Lipinski definition) is 3. The molecule has 1 saturated carbocycles. The van der Waals surface area contributed by atoms with E-state index in [1.54, 1.807) is 51.4 Å². The monoisotopic (exact) mass is 697 g/mol. The number of nitrogens with one attached hydrogen (secondary N) is 1. The van der Waals surface area contributed by atoms with E-state index >= 15 is 0 Å². The van der Waals surface area contributed by atoms with Gasteiger partial charge in [-0.2, -0.15) is 0 Å². The van der Waals surface area contributed by atoms with Crippen molar-refractivity contribution in [1.82, 2.24) is 9.62 Å². The van der Waals surface area contributed by atoms with Gasteiger partial charge in [0.15, 0.2) is 6.10 Å². The first kappa shape index (κ1) is 34.8. The summed E-state index contributed by atoms with van der Waals surface area (Å²) in [6, 6.07) is 11.4. The molecule has 2 aromatic carbocycles. The number of amides is 2. The molecule has 0 radical (unpaired) electrons. The van der Waals surface area contributed by atoms with Crippen molar-refractivity contribution in [3.8, 4) is 5.75 Å². The van der Waals surface area contributed by atoms with Crippen LogP contribution in [0.2, 0.25) is 5.02 Å². The van der Waals surface area contributed by atoms with Crippen LogP contribution in [0.1, 0.15) is 67.4 Å². The molecule has 1 fully saturated rings. The van der Waals surface area contributed by atoms with E-state index in [9.17, 15) is 24.0 Å². The number of carbonyl (C=O) groups is 2. The number of hydrogen-bond acceptors (Lipinski definition) is 7. The van der Waals surface area contributed by atoms with Gasteiger partial charge in [0.05, 0.1) is 22.0 Å². The Balaban J connectivity index is 1.47. The molecule has 2 heterocycles. The number of allylic oxidation sites excluding steroid dienone is 1. The van der Waals surface area contributed by atoms with E-state index in [0.717, 1.165) is 31.4 Å². The first-order valence-electron chi connectivity index (χ1n) is 16.9. The highest BCUT2D eigenvalue weighted by Crippen LogP contribution is 2.49. The van der Waals surface area contributed by atoms with Crippen molar-refractivity contribution in [2.45, 2.75) is 74.7 Å². The Bertz CT molecular complexity index is 1730. The molecule has 1 unspecified atom stereocenters. The molecule has 11 heteroatoms. The average Bonchev–Trinajstić information content (AvgIpc) is 3.17. The Kier molecular flexibility index (Phi) is 9.43. The fraction of sp³-hybridized carbons (Fsp3) is 0.541. The van der Waals surface area contributed by atoms with Crippen LogP contribution in [0.3, 0.4) is 0 Å². The van der Waals surface area contributed by atoms with Crippen molar-refractivity contribution in [3.05, 3.63) is 70.3 Å². The maximum absolute atomic E-state index is 13.8. The maximum Gasteiger partial charge on any atom is 0.262 e. The van der Waals surface area contributed by atoms with Crippen molar-refractivity contribution in [1.29, 1.82) is 0 Å². The zero-order valence-corrected chi connectivity index (χ0v) is 29.9. The Hall–Kier alpha value is -3.05. The van der Waals surface area contributed by atoms with E-state index in [0.29, 0.717) is 48.9 Å². The number of aliphatic hydroxyl groups excluding tert-OH is 1. The second-order valence-corrected chi connectivity index (χ2v) is 17.6. The molecule has 48 heavy (non-hydrogen) atoms. The van der Waals surface area contributed by atoms with Crippen LogP contribution in [0.4, 0.5) is 5.69 Å². The third kappa shape index (κ3) is 6.25. The zero-order valence-electron chi connectivity index (χ0n) is 28.3. The summed E-state index contributed by atoms with van der Waals surface area (Å²) < 4.78 is 23.1. The van der Waals surface area contributed by atoms with Gasteiger partial charge >= 0.3 is 0 Å². The van der Waals surface area contributed by atoms with Crippen LogP contribution in [0.5, 0.6) is 5.75 Å². The number of anilines is 1. The largest absolute Gasteiger partial charge is 0.490 e. The van der Waals surface area contributed by atoms with Gasteiger partial charge in [0, 0.05) is 48.4 Å². The molecule has 6 rings (SSSR count). The van der Waals surface area contributed by atoms with E-state index in [1.165, 1.54) is 16.0 Å². The number of aryl methyl sites for hydroxylation is 1. The standard InChI is InChI=1S/C37H48ClN3O6S/c1-23-8-6-17-37(45,33(42)35(44)40(3)4)30-13-10-27(30)20-41-21-36(16-7-9-25-18-28(38)12-14-29(25)36)22-47-32-15-11-26(19-31(32)41)34(43)39-48(5,46)24(23)2/h6,11-12,14-15,17-19,23-24,27,30,33,42,45H,5,7-10,13,16,20-22H2,1-4H3,(H,39,43,46)/b17-6+/t23-,24+,27-,30+,33-,36-,37-,48?/m0/s1. The number of fused-ring (bicyclic) bond motifs is 4. The first-order valence-corrected chi connectivity index (χ1v) is 19.1. The molecule has 2 aliphatic carbocycles. The van der Waals surface area contributed by atoms with Gasteiger partial charge < -0.3 is 24.7 Å². The van der Waals surface area contributed by atoms with Crippen LogP contribution in [0.15, 0.2) is 48.6 Å². The second-order valence-electron chi connectivity index (χ2n) is 14.7. The number of ether oxygens (including phenoxy) is 1. The minimum Gasteiger partial charge on any atom is -0.490 e. The SMILES string of the molecule is C=S1(=O)NC(=O)c2ccc3c(c2)N(C[C@@H]2CC[C@H]2[C@](O)([C@@H](O)C(=O)N(C)C)/C=C/C[C@H](C)[C@H]1C)C[C@@]1(CCCc2cc(Cl)ccc21)CO3. The highest BCUT2D eigenvalue weighted by Gasteiger charge is 2.53. The highest BCUT2D eigenvalue weighted by molar-refractivity contribution is 7.99. The lowest BCUT2D eigenvalue weighted by atomic mass is 9.62. The summed E-state index contributed by atoms with van der Waals surface area (Å²) in [6.07, 6.45) is 6.32. The molecule has 0 saturated heterocycles. The van der Waals surface area contributed by atoms with Crippen LogP contribution in [-0.4, -0.2) is 87.8 Å². The van der Waals surface area contributed by atoms with Crippen LogP contribution in [-0.2, 0) is 26.3 Å². The summed E-state index contributed by atoms with van der Waals surface area (Å²) in [5.41, 5.74) is 1.32. The van der Waals surface area contributed by atoms with E-state index in [1.807, 2.05) is 19.1 Å². The van der Waals surface area contributed by atoms with Gasteiger partial charge in [-0.15, -0.1) is 0 Å². The van der Waals surface area contributed by atoms with E-state index < -0.39 is 44.4 Å². The fourth-order valence-electron chi connectivity index (χ4n) is 8.14. The molecule has 4 aliphatic rings. The molecule has 260 valence electrons. The third-order valence-electron chi connectivity index (χ3n) is 11.4. The molecular weight excluding hydrogens is 650 g/mol. The van der Waals surface area contributed by atoms with Crippen LogP contribution in [0.25, 0.3) is 0 Å². The Morgan fingerprint density at radius 1 is 1.21 bits per heavy atom. The number of rotatable bonds is 2. The summed E-state index contributed by atoms with van der Waals surface area (Å²) in [5.74, 6) is 2.87. The Morgan fingerprint density at radius 2 is 1.98 bits per heavy atom. The molecule has 0 aromatic heterocycles. The first-order chi connectivity index (χ1) is 22.6. The number of aliphatic hydroxyl groups is 2. The van der Waals surface area contributed by atoms with Crippen LogP contribution >= 0.6 is 11.6 Å². The topological polar surface area (TPSA) is 119 Å². The van der Waals surface area contributed by atoms with Gasteiger partial charge in [-0.25, -0.2) is 4.21 Å².